The lowest BCUT2D eigenvalue weighted by Gasteiger charge is -2.33. The number of aliphatic hydroxyl groups excluding tert-OH is 1. The highest BCUT2D eigenvalue weighted by Gasteiger charge is 2.31. The molecule has 0 fully saturated rings. The van der Waals surface area contributed by atoms with E-state index in [1.807, 2.05) is 11.1 Å². The molecule has 5 unspecified atom stereocenters. The molecule has 0 aromatic carbocycles. The summed E-state index contributed by atoms with van der Waals surface area (Å²) in [5.74, 6) is 4.04. The van der Waals surface area contributed by atoms with E-state index in [1.165, 1.54) is 83.5 Å². The van der Waals surface area contributed by atoms with Crippen molar-refractivity contribution in [1.29, 1.82) is 0 Å². The molecule has 0 aliphatic heterocycles. The van der Waals surface area contributed by atoms with Crippen molar-refractivity contribution in [3.63, 3.8) is 0 Å². The highest BCUT2D eigenvalue weighted by atomic mass is 16.3. The Hall–Kier alpha value is -0.560. The lowest BCUT2D eigenvalue weighted by molar-refractivity contribution is 0.138. The van der Waals surface area contributed by atoms with Gasteiger partial charge in [-0.25, -0.2) is 0 Å². The molecule has 0 saturated carbocycles. The van der Waals surface area contributed by atoms with E-state index in [9.17, 15) is 5.11 Å². The van der Waals surface area contributed by atoms with Crippen molar-refractivity contribution >= 4 is 0 Å². The Labute approximate surface area is 187 Å². The topological polar surface area (TPSA) is 20.2 Å². The number of hydrogen-bond acceptors (Lipinski definition) is 1. The molecule has 172 valence electrons. The molecular formula is C29H50O. The molecule has 3 aliphatic carbocycles. The van der Waals surface area contributed by atoms with Crippen LogP contribution < -0.4 is 0 Å². The number of allylic oxidation sites excluding steroid dienone is 4. The van der Waals surface area contributed by atoms with Gasteiger partial charge in [0.25, 0.3) is 0 Å². The van der Waals surface area contributed by atoms with Gasteiger partial charge < -0.3 is 5.11 Å². The third-order valence-corrected chi connectivity index (χ3v) is 8.68. The first-order valence-electron chi connectivity index (χ1n) is 13.5. The predicted molar refractivity (Wildman–Crippen MR) is 131 cm³/mol. The Balaban J connectivity index is 1.51. The van der Waals surface area contributed by atoms with Crippen LogP contribution in [-0.4, -0.2) is 11.2 Å². The maximum atomic E-state index is 10.7. The zero-order chi connectivity index (χ0) is 21.5. The average molecular weight is 415 g/mol. The molecule has 1 N–H and O–H groups in total. The van der Waals surface area contributed by atoms with E-state index in [0.717, 1.165) is 42.4 Å². The van der Waals surface area contributed by atoms with Gasteiger partial charge in [-0.1, -0.05) is 50.0 Å². The molecule has 30 heavy (non-hydrogen) atoms. The van der Waals surface area contributed by atoms with Gasteiger partial charge in [-0.2, -0.15) is 0 Å². The summed E-state index contributed by atoms with van der Waals surface area (Å²) in [5.41, 5.74) is 5.27. The zero-order valence-electron chi connectivity index (χ0n) is 20.6. The van der Waals surface area contributed by atoms with Crippen molar-refractivity contribution in [3.8, 4) is 0 Å². The Morgan fingerprint density at radius 3 is 2.33 bits per heavy atom. The molecular weight excluding hydrogens is 364 g/mol. The van der Waals surface area contributed by atoms with Gasteiger partial charge in [0.15, 0.2) is 0 Å². The molecule has 0 saturated heterocycles. The maximum absolute atomic E-state index is 10.7. The molecule has 0 amide bonds. The molecule has 0 bridgehead atoms. The third kappa shape index (κ3) is 6.98. The number of hydrogen-bond donors (Lipinski definition) is 1. The van der Waals surface area contributed by atoms with E-state index < -0.39 is 0 Å². The van der Waals surface area contributed by atoms with Crippen LogP contribution >= 0.6 is 0 Å². The summed E-state index contributed by atoms with van der Waals surface area (Å²) in [5, 5.41) is 10.7. The number of aliphatic hydroxyl groups is 1. The fraction of sp³-hybridized carbons (Fsp3) is 0.862. The Bertz CT molecular complexity index is 583. The van der Waals surface area contributed by atoms with Crippen LogP contribution in [0.2, 0.25) is 0 Å². The average Bonchev–Trinajstić information content (AvgIpc) is 2.88. The highest BCUT2D eigenvalue weighted by molar-refractivity contribution is 5.24. The molecule has 0 aromatic heterocycles. The largest absolute Gasteiger partial charge is 0.393 e. The van der Waals surface area contributed by atoms with Crippen LogP contribution in [0.5, 0.6) is 0 Å². The van der Waals surface area contributed by atoms with Crippen LogP contribution in [-0.2, 0) is 0 Å². The van der Waals surface area contributed by atoms with E-state index in [0.29, 0.717) is 0 Å². The summed E-state index contributed by atoms with van der Waals surface area (Å²) in [6, 6.07) is 0. The standard InChI is InChI=1S/C29H50O/c1-21(2)14-16-25-10-6-13-29-26(11-7-12-28(29)23(25)4)17-19-27(30)18-15-24-9-5-8-22(3)20-24/h20-21,23-27,30H,5-19H2,1-4H3. The molecule has 1 heteroatoms. The summed E-state index contributed by atoms with van der Waals surface area (Å²) in [6.45, 7) is 9.57. The first kappa shape index (κ1) is 24.1. The molecule has 5 atom stereocenters. The molecule has 0 radical (unpaired) electrons. The zero-order valence-corrected chi connectivity index (χ0v) is 20.6. The molecule has 0 heterocycles. The minimum atomic E-state index is -0.0893. The van der Waals surface area contributed by atoms with Crippen LogP contribution in [0.25, 0.3) is 0 Å². The third-order valence-electron chi connectivity index (χ3n) is 8.68. The van der Waals surface area contributed by atoms with Crippen molar-refractivity contribution in [2.75, 3.05) is 0 Å². The Morgan fingerprint density at radius 1 is 0.867 bits per heavy atom. The van der Waals surface area contributed by atoms with Crippen molar-refractivity contribution in [3.05, 3.63) is 22.8 Å². The summed E-state index contributed by atoms with van der Waals surface area (Å²) in [6.07, 6.45) is 21.9. The van der Waals surface area contributed by atoms with Crippen LogP contribution in [0.3, 0.4) is 0 Å². The smallest absolute Gasteiger partial charge is 0.0540 e. The van der Waals surface area contributed by atoms with E-state index in [-0.39, 0.29) is 6.10 Å². The Kier molecular flexibility index (Phi) is 9.55. The van der Waals surface area contributed by atoms with E-state index >= 15 is 0 Å². The minimum Gasteiger partial charge on any atom is -0.393 e. The van der Waals surface area contributed by atoms with Gasteiger partial charge in [0.05, 0.1) is 6.10 Å². The van der Waals surface area contributed by atoms with Crippen LogP contribution in [0.1, 0.15) is 124 Å². The SMILES string of the molecule is CC1=CC(CCC(O)CCC2CCCC3=C2CCCC(CCC(C)C)C3C)CCC1. The van der Waals surface area contributed by atoms with Gasteiger partial charge in [0.2, 0.25) is 0 Å². The van der Waals surface area contributed by atoms with Crippen molar-refractivity contribution < 1.29 is 5.11 Å². The second kappa shape index (κ2) is 11.9. The second-order valence-electron chi connectivity index (χ2n) is 11.5. The first-order valence-corrected chi connectivity index (χ1v) is 13.5. The van der Waals surface area contributed by atoms with Gasteiger partial charge in [0.1, 0.15) is 0 Å². The summed E-state index contributed by atoms with van der Waals surface area (Å²) < 4.78 is 0. The van der Waals surface area contributed by atoms with Crippen LogP contribution in [0.4, 0.5) is 0 Å². The van der Waals surface area contributed by atoms with Gasteiger partial charge in [-0.15, -0.1) is 0 Å². The second-order valence-corrected chi connectivity index (χ2v) is 11.5. The summed E-state index contributed by atoms with van der Waals surface area (Å²) >= 11 is 0. The lowest BCUT2D eigenvalue weighted by atomic mass is 9.73. The molecule has 0 spiro atoms. The predicted octanol–water partition coefficient (Wildman–Crippen LogP) is 8.62. The fourth-order valence-electron chi connectivity index (χ4n) is 6.75. The van der Waals surface area contributed by atoms with Crippen molar-refractivity contribution in [1.82, 2.24) is 0 Å². The van der Waals surface area contributed by atoms with Gasteiger partial charge >= 0.3 is 0 Å². The van der Waals surface area contributed by atoms with E-state index in [4.69, 9.17) is 0 Å². The fourth-order valence-corrected chi connectivity index (χ4v) is 6.75. The molecule has 3 aliphatic rings. The van der Waals surface area contributed by atoms with Crippen LogP contribution in [0, 0.1) is 29.6 Å². The minimum absolute atomic E-state index is 0.0893. The molecule has 3 rings (SSSR count). The van der Waals surface area contributed by atoms with Gasteiger partial charge in [0, 0.05) is 0 Å². The summed E-state index contributed by atoms with van der Waals surface area (Å²) in [4.78, 5) is 0. The monoisotopic (exact) mass is 414 g/mol. The van der Waals surface area contributed by atoms with E-state index in [2.05, 4.69) is 33.8 Å². The Morgan fingerprint density at radius 2 is 1.57 bits per heavy atom. The van der Waals surface area contributed by atoms with Crippen molar-refractivity contribution in [2.45, 2.75) is 130 Å². The summed E-state index contributed by atoms with van der Waals surface area (Å²) in [7, 11) is 0. The quantitative estimate of drug-likeness (QED) is 0.374. The van der Waals surface area contributed by atoms with Crippen LogP contribution in [0.15, 0.2) is 22.8 Å². The normalized spacial score (nSPS) is 31.3. The maximum Gasteiger partial charge on any atom is 0.0540 e. The first-order chi connectivity index (χ1) is 14.4. The highest BCUT2D eigenvalue weighted by Crippen LogP contribution is 2.45. The van der Waals surface area contributed by atoms with Gasteiger partial charge in [-0.05, 0) is 126 Å². The molecule has 1 nitrogen and oxygen atoms in total. The number of rotatable bonds is 9. The van der Waals surface area contributed by atoms with E-state index in [1.54, 1.807) is 5.57 Å². The van der Waals surface area contributed by atoms with Crippen molar-refractivity contribution in [2.24, 2.45) is 29.6 Å². The molecule has 0 aromatic rings. The lowest BCUT2D eigenvalue weighted by Crippen LogP contribution is -2.20. The van der Waals surface area contributed by atoms with Gasteiger partial charge in [-0.3, -0.25) is 0 Å².